The van der Waals surface area contributed by atoms with Crippen molar-refractivity contribution >= 4 is 11.9 Å². The molecule has 3 rings (SSSR count). The molecule has 2 aromatic carbocycles. The predicted octanol–water partition coefficient (Wildman–Crippen LogP) is 2.85. The molecule has 0 bridgehead atoms. The van der Waals surface area contributed by atoms with Gasteiger partial charge < -0.3 is 5.32 Å². The number of rotatable bonds is 5. The smallest absolute Gasteiger partial charge is 0.319 e. The molecule has 130 valence electrons. The van der Waals surface area contributed by atoms with E-state index in [9.17, 15) is 9.59 Å². The lowest BCUT2D eigenvalue weighted by molar-refractivity contribution is -0.132. The summed E-state index contributed by atoms with van der Waals surface area (Å²) in [5, 5.41) is 2.84. The quantitative estimate of drug-likeness (QED) is 0.854. The summed E-state index contributed by atoms with van der Waals surface area (Å²) in [4.78, 5) is 28.6. The molecule has 0 radical (unpaired) electrons. The highest BCUT2D eigenvalue weighted by atomic mass is 16.2. The highest BCUT2D eigenvalue weighted by Crippen LogP contribution is 2.28. The van der Waals surface area contributed by atoms with Crippen LogP contribution in [0.1, 0.15) is 23.6 Å². The van der Waals surface area contributed by atoms with Crippen molar-refractivity contribution in [3.63, 3.8) is 0 Å². The Kier molecular flexibility index (Phi) is 4.59. The molecule has 1 atom stereocenters. The highest BCUT2D eigenvalue weighted by Gasteiger charge is 2.49. The maximum atomic E-state index is 12.9. The predicted molar refractivity (Wildman–Crippen MR) is 96.7 cm³/mol. The first-order valence-electron chi connectivity index (χ1n) is 8.34. The Morgan fingerprint density at radius 3 is 2.36 bits per heavy atom. The van der Waals surface area contributed by atoms with Gasteiger partial charge in [-0.05, 0) is 37.6 Å². The Morgan fingerprint density at radius 2 is 1.68 bits per heavy atom. The summed E-state index contributed by atoms with van der Waals surface area (Å²) in [6, 6.07) is 17.1. The first-order valence-corrected chi connectivity index (χ1v) is 8.34. The minimum absolute atomic E-state index is 0.222. The minimum Gasteiger partial charge on any atom is -0.319 e. The minimum atomic E-state index is -1.01. The third-order valence-electron chi connectivity index (χ3n) is 4.71. The number of carbonyl (C=O) groups excluding carboxylic acids is 2. The molecule has 0 spiro atoms. The van der Waals surface area contributed by atoms with Gasteiger partial charge in [0, 0.05) is 6.54 Å². The van der Waals surface area contributed by atoms with Crippen molar-refractivity contribution in [2.75, 3.05) is 13.7 Å². The van der Waals surface area contributed by atoms with Crippen molar-refractivity contribution in [2.45, 2.75) is 25.9 Å². The number of imide groups is 1. The first-order chi connectivity index (χ1) is 11.9. The van der Waals surface area contributed by atoms with Crippen LogP contribution in [0.3, 0.4) is 0 Å². The molecular weight excluding hydrogens is 314 g/mol. The lowest BCUT2D eigenvalue weighted by Gasteiger charge is -2.25. The summed E-state index contributed by atoms with van der Waals surface area (Å²) in [5.41, 5.74) is 2.16. The zero-order valence-corrected chi connectivity index (χ0v) is 14.8. The van der Waals surface area contributed by atoms with Gasteiger partial charge in [-0.2, -0.15) is 0 Å². The lowest BCUT2D eigenvalue weighted by Crippen LogP contribution is -2.42. The molecule has 1 heterocycles. The van der Waals surface area contributed by atoms with Crippen LogP contribution in [0.25, 0.3) is 0 Å². The zero-order valence-electron chi connectivity index (χ0n) is 14.8. The fraction of sp³-hybridized carbons (Fsp3) is 0.300. The molecule has 2 aromatic rings. The van der Waals surface area contributed by atoms with Gasteiger partial charge in [0.15, 0.2) is 0 Å². The molecule has 5 nitrogen and oxygen atoms in total. The van der Waals surface area contributed by atoms with Crippen molar-refractivity contribution in [2.24, 2.45) is 0 Å². The van der Waals surface area contributed by atoms with E-state index in [2.05, 4.69) is 24.4 Å². The molecule has 1 aliphatic rings. The van der Waals surface area contributed by atoms with Crippen LogP contribution in [-0.2, 0) is 16.9 Å². The van der Waals surface area contributed by atoms with E-state index in [0.29, 0.717) is 6.54 Å². The van der Waals surface area contributed by atoms with Crippen LogP contribution in [-0.4, -0.2) is 35.5 Å². The molecule has 0 aromatic heterocycles. The van der Waals surface area contributed by atoms with E-state index < -0.39 is 5.54 Å². The van der Waals surface area contributed by atoms with E-state index in [1.807, 2.05) is 54.4 Å². The molecular formula is C20H23N3O2. The monoisotopic (exact) mass is 337 g/mol. The summed E-state index contributed by atoms with van der Waals surface area (Å²) in [6.07, 6.45) is 0. The molecule has 0 unspecified atom stereocenters. The van der Waals surface area contributed by atoms with Crippen molar-refractivity contribution in [1.82, 2.24) is 15.1 Å². The van der Waals surface area contributed by atoms with Gasteiger partial charge in [-0.15, -0.1) is 0 Å². The summed E-state index contributed by atoms with van der Waals surface area (Å²) < 4.78 is 0. The third-order valence-corrected chi connectivity index (χ3v) is 4.71. The van der Waals surface area contributed by atoms with E-state index in [-0.39, 0.29) is 18.6 Å². The van der Waals surface area contributed by atoms with Crippen LogP contribution in [0.4, 0.5) is 4.79 Å². The topological polar surface area (TPSA) is 52.6 Å². The van der Waals surface area contributed by atoms with Gasteiger partial charge in [0.05, 0.1) is 6.67 Å². The SMILES string of the molecule is Cc1ccccc1CN(C)CN1C(=O)N[C@](C)(c2ccccc2)C1=O. The average Bonchev–Trinajstić information content (AvgIpc) is 2.82. The Balaban J connectivity index is 1.74. The van der Waals surface area contributed by atoms with Gasteiger partial charge in [0.1, 0.15) is 5.54 Å². The largest absolute Gasteiger partial charge is 0.326 e. The summed E-state index contributed by atoms with van der Waals surface area (Å²) in [5.74, 6) is -0.222. The second-order valence-electron chi connectivity index (χ2n) is 6.74. The summed E-state index contributed by atoms with van der Waals surface area (Å²) >= 11 is 0. The van der Waals surface area contributed by atoms with E-state index >= 15 is 0 Å². The number of aryl methyl sites for hydroxylation is 1. The lowest BCUT2D eigenvalue weighted by atomic mass is 9.92. The van der Waals surface area contributed by atoms with Gasteiger partial charge in [-0.25, -0.2) is 9.69 Å². The van der Waals surface area contributed by atoms with Crippen LogP contribution in [0.5, 0.6) is 0 Å². The van der Waals surface area contributed by atoms with Crippen molar-refractivity contribution in [1.29, 1.82) is 0 Å². The number of urea groups is 1. The molecule has 0 saturated carbocycles. The van der Waals surface area contributed by atoms with Crippen molar-refractivity contribution < 1.29 is 9.59 Å². The maximum absolute atomic E-state index is 12.9. The van der Waals surface area contributed by atoms with Crippen molar-refractivity contribution in [3.8, 4) is 0 Å². The summed E-state index contributed by atoms with van der Waals surface area (Å²) in [6.45, 7) is 4.74. The van der Waals surface area contributed by atoms with E-state index in [0.717, 1.165) is 5.56 Å². The van der Waals surface area contributed by atoms with Crippen LogP contribution < -0.4 is 5.32 Å². The molecule has 1 N–H and O–H groups in total. The third kappa shape index (κ3) is 3.28. The standard InChI is InChI=1S/C20H23N3O2/c1-15-9-7-8-10-16(15)13-22(3)14-23-18(24)20(2,21-19(23)25)17-11-5-4-6-12-17/h4-12H,13-14H2,1-3H3,(H,21,25)/t20-/m1/s1. The van der Waals surface area contributed by atoms with Gasteiger partial charge in [-0.3, -0.25) is 9.69 Å². The van der Waals surface area contributed by atoms with E-state index in [1.54, 1.807) is 6.92 Å². The number of amides is 3. The zero-order chi connectivity index (χ0) is 18.0. The molecule has 0 aliphatic carbocycles. The molecule has 3 amide bonds. The van der Waals surface area contributed by atoms with Gasteiger partial charge in [-0.1, -0.05) is 54.6 Å². The van der Waals surface area contributed by atoms with Crippen molar-refractivity contribution in [3.05, 3.63) is 71.3 Å². The van der Waals surface area contributed by atoms with Crippen LogP contribution in [0.2, 0.25) is 0 Å². The van der Waals surface area contributed by atoms with Gasteiger partial charge >= 0.3 is 6.03 Å². The summed E-state index contributed by atoms with van der Waals surface area (Å²) in [7, 11) is 1.91. The fourth-order valence-corrected chi connectivity index (χ4v) is 3.16. The number of benzene rings is 2. The molecule has 1 saturated heterocycles. The Labute approximate surface area is 148 Å². The molecule has 1 fully saturated rings. The van der Waals surface area contributed by atoms with Gasteiger partial charge in [0.2, 0.25) is 0 Å². The number of carbonyl (C=O) groups is 2. The fourth-order valence-electron chi connectivity index (χ4n) is 3.16. The van der Waals surface area contributed by atoms with E-state index in [4.69, 9.17) is 0 Å². The molecule has 25 heavy (non-hydrogen) atoms. The van der Waals surface area contributed by atoms with Crippen LogP contribution in [0.15, 0.2) is 54.6 Å². The average molecular weight is 337 g/mol. The van der Waals surface area contributed by atoms with Crippen LogP contribution >= 0.6 is 0 Å². The Morgan fingerprint density at radius 1 is 1.04 bits per heavy atom. The Hall–Kier alpha value is -2.66. The molecule has 1 aliphatic heterocycles. The number of hydrogen-bond donors (Lipinski definition) is 1. The van der Waals surface area contributed by atoms with Gasteiger partial charge in [0.25, 0.3) is 5.91 Å². The Bertz CT molecular complexity index is 791. The second-order valence-corrected chi connectivity index (χ2v) is 6.74. The number of hydrogen-bond acceptors (Lipinski definition) is 3. The molecule has 5 heteroatoms. The van der Waals surface area contributed by atoms with Crippen LogP contribution in [0, 0.1) is 6.92 Å². The number of nitrogens with one attached hydrogen (secondary N) is 1. The second kappa shape index (κ2) is 6.69. The van der Waals surface area contributed by atoms with E-state index in [1.165, 1.54) is 16.0 Å². The normalized spacial score (nSPS) is 20.2. The maximum Gasteiger partial charge on any atom is 0.326 e. The number of nitrogens with zero attached hydrogens (tertiary/aromatic N) is 2. The highest BCUT2D eigenvalue weighted by molar-refractivity contribution is 6.07. The first kappa shape index (κ1) is 17.2.